The summed E-state index contributed by atoms with van der Waals surface area (Å²) in [6.07, 6.45) is 5.16. The van der Waals surface area contributed by atoms with Gasteiger partial charge in [-0.1, -0.05) is 0 Å². The highest BCUT2D eigenvalue weighted by atomic mass is 16.1. The summed E-state index contributed by atoms with van der Waals surface area (Å²) in [6, 6.07) is 9.97. The lowest BCUT2D eigenvalue weighted by Crippen LogP contribution is -2.44. The highest BCUT2D eigenvalue weighted by Crippen LogP contribution is 2.33. The Morgan fingerprint density at radius 1 is 1.03 bits per heavy atom. The van der Waals surface area contributed by atoms with E-state index < -0.39 is 0 Å². The summed E-state index contributed by atoms with van der Waals surface area (Å²) in [5.74, 6) is -0.225. The number of carbonyl (C=O) groups is 1. The van der Waals surface area contributed by atoms with Crippen LogP contribution in [0.1, 0.15) is 35.3 Å². The molecule has 1 aromatic heterocycles. The lowest BCUT2D eigenvalue weighted by atomic mass is 10.1. The molecule has 29 heavy (non-hydrogen) atoms. The van der Waals surface area contributed by atoms with E-state index in [4.69, 9.17) is 5.26 Å². The van der Waals surface area contributed by atoms with Gasteiger partial charge in [-0.05, 0) is 50.6 Å². The number of hydrogen-bond donors (Lipinski definition) is 2. The van der Waals surface area contributed by atoms with Crippen molar-refractivity contribution in [3.8, 4) is 6.07 Å². The maximum atomic E-state index is 12.7. The Morgan fingerprint density at radius 2 is 1.79 bits per heavy atom. The maximum absolute atomic E-state index is 12.7. The molecule has 0 spiro atoms. The second-order valence-electron chi connectivity index (χ2n) is 7.91. The van der Waals surface area contributed by atoms with Gasteiger partial charge in [0, 0.05) is 51.2 Å². The maximum Gasteiger partial charge on any atom is 0.272 e. The van der Waals surface area contributed by atoms with Crippen molar-refractivity contribution >= 4 is 23.0 Å². The largest absolute Gasteiger partial charge is 0.370 e. The summed E-state index contributed by atoms with van der Waals surface area (Å²) in [7, 11) is 2.16. The van der Waals surface area contributed by atoms with Crippen LogP contribution in [0.3, 0.4) is 0 Å². The van der Waals surface area contributed by atoms with Gasteiger partial charge >= 0.3 is 0 Å². The summed E-state index contributed by atoms with van der Waals surface area (Å²) in [5.41, 5.74) is 3.97. The Labute approximate surface area is 171 Å². The SMILES string of the molecule is CN1CCN(c2ccc(NC(=O)c3cc(C#N)c[nH]3)c(N3CCCCC3)c2)CC1. The van der Waals surface area contributed by atoms with Crippen LogP contribution in [0.4, 0.5) is 17.1 Å². The van der Waals surface area contributed by atoms with Crippen molar-refractivity contribution in [3.63, 3.8) is 0 Å². The number of aromatic amines is 1. The van der Waals surface area contributed by atoms with E-state index in [9.17, 15) is 4.79 Å². The fourth-order valence-electron chi connectivity index (χ4n) is 4.06. The molecule has 2 fully saturated rings. The first kappa shape index (κ1) is 19.3. The monoisotopic (exact) mass is 392 g/mol. The molecular weight excluding hydrogens is 364 g/mol. The van der Waals surface area contributed by atoms with Crippen molar-refractivity contribution in [2.45, 2.75) is 19.3 Å². The van der Waals surface area contributed by atoms with Gasteiger partial charge < -0.3 is 25.0 Å². The minimum absolute atomic E-state index is 0.225. The van der Waals surface area contributed by atoms with E-state index in [0.717, 1.165) is 50.6 Å². The third-order valence-corrected chi connectivity index (χ3v) is 5.85. The van der Waals surface area contributed by atoms with Crippen LogP contribution in [-0.2, 0) is 0 Å². The fourth-order valence-corrected chi connectivity index (χ4v) is 4.06. The average molecular weight is 393 g/mol. The molecule has 1 aromatic carbocycles. The lowest BCUT2D eigenvalue weighted by molar-refractivity contribution is 0.102. The number of piperidine rings is 1. The van der Waals surface area contributed by atoms with E-state index in [1.807, 2.05) is 12.1 Å². The Bertz CT molecular complexity index is 900. The van der Waals surface area contributed by atoms with E-state index >= 15 is 0 Å². The van der Waals surface area contributed by atoms with Gasteiger partial charge in [-0.15, -0.1) is 0 Å². The number of likely N-dealkylation sites (N-methyl/N-ethyl adjacent to an activating group) is 1. The zero-order valence-electron chi connectivity index (χ0n) is 16.9. The minimum Gasteiger partial charge on any atom is -0.370 e. The van der Waals surface area contributed by atoms with E-state index in [-0.39, 0.29) is 5.91 Å². The molecule has 0 saturated carbocycles. The van der Waals surface area contributed by atoms with Gasteiger partial charge in [0.15, 0.2) is 0 Å². The summed E-state index contributed by atoms with van der Waals surface area (Å²) in [5, 5.41) is 12.0. The molecule has 0 atom stereocenters. The molecule has 2 saturated heterocycles. The smallest absolute Gasteiger partial charge is 0.272 e. The van der Waals surface area contributed by atoms with Gasteiger partial charge in [-0.3, -0.25) is 4.79 Å². The van der Waals surface area contributed by atoms with Crippen molar-refractivity contribution in [3.05, 3.63) is 41.7 Å². The van der Waals surface area contributed by atoms with Gasteiger partial charge in [0.25, 0.3) is 5.91 Å². The van der Waals surface area contributed by atoms with Crippen LogP contribution in [0.5, 0.6) is 0 Å². The molecule has 2 aliphatic heterocycles. The van der Waals surface area contributed by atoms with Crippen LogP contribution < -0.4 is 15.1 Å². The molecule has 3 heterocycles. The molecule has 2 N–H and O–H groups in total. The van der Waals surface area contributed by atoms with E-state index in [1.165, 1.54) is 24.9 Å². The molecular formula is C22H28N6O. The van der Waals surface area contributed by atoms with Gasteiger partial charge in [-0.25, -0.2) is 0 Å². The minimum atomic E-state index is -0.225. The molecule has 2 aliphatic rings. The number of H-pyrrole nitrogens is 1. The Kier molecular flexibility index (Phi) is 5.72. The Balaban J connectivity index is 1.59. The molecule has 1 amide bonds. The number of amides is 1. The number of anilines is 3. The number of nitrogens with zero attached hydrogens (tertiary/aromatic N) is 4. The van der Waals surface area contributed by atoms with E-state index in [0.29, 0.717) is 11.3 Å². The van der Waals surface area contributed by atoms with E-state index in [2.05, 4.69) is 44.2 Å². The van der Waals surface area contributed by atoms with Crippen LogP contribution in [0.25, 0.3) is 0 Å². The number of benzene rings is 1. The zero-order valence-corrected chi connectivity index (χ0v) is 16.9. The van der Waals surface area contributed by atoms with Crippen molar-refractivity contribution in [2.75, 3.05) is 61.4 Å². The lowest BCUT2D eigenvalue weighted by Gasteiger charge is -2.36. The summed E-state index contributed by atoms with van der Waals surface area (Å²) in [4.78, 5) is 22.7. The molecule has 7 heteroatoms. The van der Waals surface area contributed by atoms with Crippen molar-refractivity contribution in [2.24, 2.45) is 0 Å². The van der Waals surface area contributed by atoms with Crippen molar-refractivity contribution < 1.29 is 4.79 Å². The normalized spacial score (nSPS) is 17.8. The fraction of sp³-hybridized carbons (Fsp3) is 0.455. The predicted molar refractivity (Wildman–Crippen MR) is 116 cm³/mol. The number of rotatable bonds is 4. The molecule has 4 rings (SSSR count). The van der Waals surface area contributed by atoms with Gasteiger partial charge in [-0.2, -0.15) is 5.26 Å². The third-order valence-electron chi connectivity index (χ3n) is 5.85. The second kappa shape index (κ2) is 8.58. The van der Waals surface area contributed by atoms with Crippen molar-refractivity contribution in [1.29, 1.82) is 5.26 Å². The number of nitrogens with one attached hydrogen (secondary N) is 2. The number of carbonyl (C=O) groups excluding carboxylic acids is 1. The standard InChI is InChI=1S/C22H28N6O/c1-26-9-11-27(12-10-26)18-5-6-19(21(14-18)28-7-3-2-4-8-28)25-22(29)20-13-17(15-23)16-24-20/h5-6,13-14,16,24H,2-4,7-12H2,1H3,(H,25,29). The molecule has 152 valence electrons. The first-order valence-electron chi connectivity index (χ1n) is 10.4. The summed E-state index contributed by atoms with van der Waals surface area (Å²) >= 11 is 0. The topological polar surface area (TPSA) is 78.4 Å². The van der Waals surface area contributed by atoms with Gasteiger partial charge in [0.05, 0.1) is 16.9 Å². The third kappa shape index (κ3) is 4.38. The van der Waals surface area contributed by atoms with Gasteiger partial charge in [0.1, 0.15) is 11.8 Å². The van der Waals surface area contributed by atoms with Crippen LogP contribution in [0.2, 0.25) is 0 Å². The summed E-state index contributed by atoms with van der Waals surface area (Å²) < 4.78 is 0. The number of aromatic nitrogens is 1. The Hall–Kier alpha value is -2.98. The van der Waals surface area contributed by atoms with Crippen LogP contribution >= 0.6 is 0 Å². The molecule has 0 bridgehead atoms. The first-order valence-corrected chi connectivity index (χ1v) is 10.4. The van der Waals surface area contributed by atoms with Crippen LogP contribution in [-0.4, -0.2) is 62.1 Å². The predicted octanol–water partition coefficient (Wildman–Crippen LogP) is 2.88. The molecule has 0 radical (unpaired) electrons. The number of hydrogen-bond acceptors (Lipinski definition) is 5. The Morgan fingerprint density at radius 3 is 2.48 bits per heavy atom. The van der Waals surface area contributed by atoms with Crippen LogP contribution in [0, 0.1) is 11.3 Å². The summed E-state index contributed by atoms with van der Waals surface area (Å²) in [6.45, 7) is 6.17. The molecule has 0 aliphatic carbocycles. The average Bonchev–Trinajstić information content (AvgIpc) is 3.25. The highest BCUT2D eigenvalue weighted by molar-refractivity contribution is 6.05. The number of piperazine rings is 1. The zero-order chi connectivity index (χ0) is 20.2. The molecule has 0 unspecified atom stereocenters. The number of nitriles is 1. The quantitative estimate of drug-likeness (QED) is 0.837. The van der Waals surface area contributed by atoms with Gasteiger partial charge in [0.2, 0.25) is 0 Å². The second-order valence-corrected chi connectivity index (χ2v) is 7.91. The highest BCUT2D eigenvalue weighted by Gasteiger charge is 2.20. The first-order chi connectivity index (χ1) is 14.1. The molecule has 7 nitrogen and oxygen atoms in total. The van der Waals surface area contributed by atoms with Crippen molar-refractivity contribution in [1.82, 2.24) is 9.88 Å². The molecule has 2 aromatic rings. The van der Waals surface area contributed by atoms with Crippen LogP contribution in [0.15, 0.2) is 30.5 Å². The van der Waals surface area contributed by atoms with E-state index in [1.54, 1.807) is 12.3 Å².